The van der Waals surface area contributed by atoms with E-state index < -0.39 is 0 Å². The summed E-state index contributed by atoms with van der Waals surface area (Å²) in [5.41, 5.74) is 8.32. The van der Waals surface area contributed by atoms with Gasteiger partial charge in [-0.2, -0.15) is 0 Å². The number of nitrogens with zero attached hydrogens (tertiary/aromatic N) is 1. The van der Waals surface area contributed by atoms with E-state index in [4.69, 9.17) is 10.5 Å². The summed E-state index contributed by atoms with van der Waals surface area (Å²) in [4.78, 5) is 12.7. The Hall–Kier alpha value is -2.07. The summed E-state index contributed by atoms with van der Waals surface area (Å²) >= 11 is 0. The predicted octanol–water partition coefficient (Wildman–Crippen LogP) is 3.12. The lowest BCUT2D eigenvalue weighted by Crippen LogP contribution is -2.29. The van der Waals surface area contributed by atoms with Gasteiger partial charge in [0.25, 0.3) is 5.56 Å². The number of nitrogens with two attached hydrogens (primary N) is 1. The third-order valence-electron chi connectivity index (χ3n) is 3.52. The summed E-state index contributed by atoms with van der Waals surface area (Å²) in [7, 11) is 1.63. The van der Waals surface area contributed by atoms with E-state index in [0.717, 1.165) is 17.0 Å². The van der Waals surface area contributed by atoms with Crippen molar-refractivity contribution in [3.05, 3.63) is 52.3 Å². The van der Waals surface area contributed by atoms with E-state index in [1.165, 1.54) is 0 Å². The third-order valence-corrected chi connectivity index (χ3v) is 3.52. The Balaban J connectivity index is 2.69. The third kappa shape index (κ3) is 3.00. The van der Waals surface area contributed by atoms with E-state index in [9.17, 15) is 4.79 Å². The minimum atomic E-state index is -0.276. The standard InChI is InChI=1S/C17H22N2O2/c1-11(2)19-16(9-8-15(12(3)18)17(19)20)13-6-5-7-14(10-13)21-4/h5-12H,18H2,1-4H3. The summed E-state index contributed by atoms with van der Waals surface area (Å²) < 4.78 is 7.05. The molecule has 2 rings (SSSR count). The van der Waals surface area contributed by atoms with Gasteiger partial charge in [0.05, 0.1) is 12.8 Å². The maximum atomic E-state index is 12.7. The summed E-state index contributed by atoms with van der Waals surface area (Å²) in [6.45, 7) is 5.82. The lowest BCUT2D eigenvalue weighted by molar-refractivity contribution is 0.415. The average molecular weight is 286 g/mol. The largest absolute Gasteiger partial charge is 0.497 e. The zero-order valence-corrected chi connectivity index (χ0v) is 13.0. The normalized spacial score (nSPS) is 12.5. The molecule has 0 saturated heterocycles. The molecule has 0 aliphatic heterocycles. The number of hydrogen-bond donors (Lipinski definition) is 1. The van der Waals surface area contributed by atoms with Gasteiger partial charge < -0.3 is 15.0 Å². The van der Waals surface area contributed by atoms with Crippen molar-refractivity contribution in [2.24, 2.45) is 5.73 Å². The van der Waals surface area contributed by atoms with Gasteiger partial charge in [-0.1, -0.05) is 12.1 Å². The first-order valence-corrected chi connectivity index (χ1v) is 7.11. The maximum Gasteiger partial charge on any atom is 0.256 e. The zero-order valence-electron chi connectivity index (χ0n) is 13.0. The molecule has 1 unspecified atom stereocenters. The molecular weight excluding hydrogens is 264 g/mol. The molecule has 0 amide bonds. The zero-order chi connectivity index (χ0) is 15.6. The number of benzene rings is 1. The van der Waals surface area contributed by atoms with Gasteiger partial charge in [0.2, 0.25) is 0 Å². The fraction of sp³-hybridized carbons (Fsp3) is 0.353. The van der Waals surface area contributed by atoms with Crippen molar-refractivity contribution in [2.75, 3.05) is 7.11 Å². The van der Waals surface area contributed by atoms with Gasteiger partial charge in [0, 0.05) is 23.2 Å². The highest BCUT2D eigenvalue weighted by Crippen LogP contribution is 2.25. The van der Waals surface area contributed by atoms with Gasteiger partial charge in [-0.15, -0.1) is 0 Å². The van der Waals surface area contributed by atoms with Crippen molar-refractivity contribution in [3.8, 4) is 17.0 Å². The number of hydrogen-bond acceptors (Lipinski definition) is 3. The highest BCUT2D eigenvalue weighted by molar-refractivity contribution is 5.62. The molecule has 4 heteroatoms. The fourth-order valence-corrected chi connectivity index (χ4v) is 2.45. The summed E-state index contributed by atoms with van der Waals surface area (Å²) in [5, 5.41) is 0. The van der Waals surface area contributed by atoms with Crippen LogP contribution in [0.25, 0.3) is 11.3 Å². The molecule has 4 nitrogen and oxygen atoms in total. The van der Waals surface area contributed by atoms with Crippen LogP contribution in [0.3, 0.4) is 0 Å². The van der Waals surface area contributed by atoms with Crippen molar-refractivity contribution in [2.45, 2.75) is 32.9 Å². The van der Waals surface area contributed by atoms with Crippen molar-refractivity contribution in [1.29, 1.82) is 0 Å². The Morgan fingerprint density at radius 3 is 2.43 bits per heavy atom. The highest BCUT2D eigenvalue weighted by Gasteiger charge is 2.15. The number of aromatic nitrogens is 1. The van der Waals surface area contributed by atoms with Crippen LogP contribution in [0.1, 0.15) is 38.4 Å². The molecule has 1 heterocycles. The first kappa shape index (κ1) is 15.3. The Morgan fingerprint density at radius 1 is 1.14 bits per heavy atom. The molecular formula is C17H22N2O2. The Kier molecular flexibility index (Phi) is 4.48. The molecule has 21 heavy (non-hydrogen) atoms. The van der Waals surface area contributed by atoms with Crippen LogP contribution in [-0.2, 0) is 0 Å². The molecule has 0 spiro atoms. The molecule has 0 aliphatic carbocycles. The molecule has 0 radical (unpaired) electrons. The monoisotopic (exact) mass is 286 g/mol. The Bertz CT molecular complexity index is 687. The lowest BCUT2D eigenvalue weighted by atomic mass is 10.1. The van der Waals surface area contributed by atoms with E-state index in [2.05, 4.69) is 0 Å². The molecule has 2 N–H and O–H groups in total. The first-order chi connectivity index (χ1) is 9.95. The number of pyridine rings is 1. The number of ether oxygens (including phenoxy) is 1. The molecule has 112 valence electrons. The van der Waals surface area contributed by atoms with Crippen molar-refractivity contribution < 1.29 is 4.74 Å². The van der Waals surface area contributed by atoms with Gasteiger partial charge in [-0.3, -0.25) is 4.79 Å². The van der Waals surface area contributed by atoms with Gasteiger partial charge in [0.15, 0.2) is 0 Å². The van der Waals surface area contributed by atoms with Crippen LogP contribution >= 0.6 is 0 Å². The molecule has 1 aromatic heterocycles. The average Bonchev–Trinajstić information content (AvgIpc) is 2.46. The van der Waals surface area contributed by atoms with Gasteiger partial charge >= 0.3 is 0 Å². The molecule has 0 saturated carbocycles. The van der Waals surface area contributed by atoms with E-state index >= 15 is 0 Å². The van der Waals surface area contributed by atoms with Gasteiger partial charge in [-0.05, 0) is 45.0 Å². The Labute approximate surface area is 125 Å². The van der Waals surface area contributed by atoms with Crippen molar-refractivity contribution in [1.82, 2.24) is 4.57 Å². The van der Waals surface area contributed by atoms with Crippen LogP contribution in [0.2, 0.25) is 0 Å². The molecule has 0 aliphatic rings. The summed E-state index contributed by atoms with van der Waals surface area (Å²) in [6.07, 6.45) is 0. The minimum Gasteiger partial charge on any atom is -0.497 e. The lowest BCUT2D eigenvalue weighted by Gasteiger charge is -2.19. The van der Waals surface area contributed by atoms with Crippen LogP contribution in [-0.4, -0.2) is 11.7 Å². The number of rotatable bonds is 4. The number of methoxy groups -OCH3 is 1. The topological polar surface area (TPSA) is 57.2 Å². The van der Waals surface area contributed by atoms with E-state index in [-0.39, 0.29) is 17.6 Å². The highest BCUT2D eigenvalue weighted by atomic mass is 16.5. The van der Waals surface area contributed by atoms with Crippen LogP contribution in [0.15, 0.2) is 41.2 Å². The smallest absolute Gasteiger partial charge is 0.256 e. The molecule has 1 aromatic carbocycles. The SMILES string of the molecule is COc1cccc(-c2ccc(C(C)N)c(=O)n2C(C)C)c1. The second-order valence-corrected chi connectivity index (χ2v) is 5.46. The first-order valence-electron chi connectivity index (χ1n) is 7.11. The molecule has 2 aromatic rings. The van der Waals surface area contributed by atoms with Gasteiger partial charge in [-0.25, -0.2) is 0 Å². The fourth-order valence-electron chi connectivity index (χ4n) is 2.45. The molecule has 1 atom stereocenters. The van der Waals surface area contributed by atoms with Crippen molar-refractivity contribution in [3.63, 3.8) is 0 Å². The van der Waals surface area contributed by atoms with Crippen LogP contribution in [0, 0.1) is 0 Å². The Morgan fingerprint density at radius 2 is 1.86 bits per heavy atom. The van der Waals surface area contributed by atoms with E-state index in [1.54, 1.807) is 11.7 Å². The van der Waals surface area contributed by atoms with Crippen LogP contribution in [0.5, 0.6) is 5.75 Å². The second-order valence-electron chi connectivity index (χ2n) is 5.46. The maximum absolute atomic E-state index is 12.7. The van der Waals surface area contributed by atoms with Crippen LogP contribution in [0.4, 0.5) is 0 Å². The van der Waals surface area contributed by atoms with E-state index in [1.807, 2.05) is 57.2 Å². The summed E-state index contributed by atoms with van der Waals surface area (Å²) in [6, 6.07) is 11.3. The summed E-state index contributed by atoms with van der Waals surface area (Å²) in [5.74, 6) is 0.770. The minimum absolute atomic E-state index is 0.0275. The van der Waals surface area contributed by atoms with Crippen molar-refractivity contribution >= 4 is 0 Å². The van der Waals surface area contributed by atoms with E-state index in [0.29, 0.717) is 5.56 Å². The van der Waals surface area contributed by atoms with Crippen LogP contribution < -0.4 is 16.0 Å². The second kappa shape index (κ2) is 6.14. The van der Waals surface area contributed by atoms with Gasteiger partial charge in [0.1, 0.15) is 5.75 Å². The quantitative estimate of drug-likeness (QED) is 0.939. The predicted molar refractivity (Wildman–Crippen MR) is 85.7 cm³/mol. The molecule has 0 bridgehead atoms. The molecule has 0 fully saturated rings.